The minimum atomic E-state index is -0.639. The summed E-state index contributed by atoms with van der Waals surface area (Å²) in [6, 6.07) is 2.81. The van der Waals surface area contributed by atoms with E-state index in [1.807, 2.05) is 6.92 Å². The quantitative estimate of drug-likeness (QED) is 0.766. The number of primary amides is 1. The van der Waals surface area contributed by atoms with E-state index in [1.165, 1.54) is 21.3 Å². The fourth-order valence-corrected chi connectivity index (χ4v) is 1.92. The van der Waals surface area contributed by atoms with Gasteiger partial charge >= 0.3 is 0 Å². The average Bonchev–Trinajstić information content (AvgIpc) is 2.42. The number of ether oxygens (including phenoxy) is 3. The van der Waals surface area contributed by atoms with Crippen molar-refractivity contribution in [3.63, 3.8) is 0 Å². The standard InChI is InChI=1S/C13H20N2O4/c1-5-15-10(13(14)16)8-6-7-9(17-2)12(19-4)11(8)18-3/h6-7,10,15H,5H2,1-4H3,(H2,14,16). The van der Waals surface area contributed by atoms with Crippen LogP contribution in [0, 0.1) is 0 Å². The SMILES string of the molecule is CCNC(C(N)=O)c1ccc(OC)c(OC)c1OC. The van der Waals surface area contributed by atoms with Crippen molar-refractivity contribution in [1.82, 2.24) is 5.32 Å². The fraction of sp³-hybridized carbons (Fsp3) is 0.462. The Labute approximate surface area is 112 Å². The molecule has 0 spiro atoms. The van der Waals surface area contributed by atoms with Crippen LogP contribution in [-0.2, 0) is 4.79 Å². The van der Waals surface area contributed by atoms with Crippen LogP contribution in [0.1, 0.15) is 18.5 Å². The Morgan fingerprint density at radius 2 is 1.84 bits per heavy atom. The average molecular weight is 268 g/mol. The van der Waals surface area contributed by atoms with Gasteiger partial charge in [0.1, 0.15) is 6.04 Å². The highest BCUT2D eigenvalue weighted by Gasteiger charge is 2.25. The maximum Gasteiger partial charge on any atom is 0.239 e. The number of nitrogens with two attached hydrogens (primary N) is 1. The Morgan fingerprint density at radius 1 is 1.21 bits per heavy atom. The van der Waals surface area contributed by atoms with E-state index in [4.69, 9.17) is 19.9 Å². The van der Waals surface area contributed by atoms with E-state index in [1.54, 1.807) is 12.1 Å². The third-order valence-electron chi connectivity index (χ3n) is 2.74. The van der Waals surface area contributed by atoms with Crippen molar-refractivity contribution in [3.8, 4) is 17.2 Å². The largest absolute Gasteiger partial charge is 0.493 e. The molecule has 6 heteroatoms. The molecule has 1 unspecified atom stereocenters. The zero-order valence-corrected chi connectivity index (χ0v) is 11.6. The van der Waals surface area contributed by atoms with Crippen molar-refractivity contribution >= 4 is 5.91 Å². The number of carbonyl (C=O) groups is 1. The van der Waals surface area contributed by atoms with Crippen molar-refractivity contribution in [2.24, 2.45) is 5.73 Å². The Morgan fingerprint density at radius 3 is 2.26 bits per heavy atom. The van der Waals surface area contributed by atoms with E-state index in [0.717, 1.165) is 0 Å². The van der Waals surface area contributed by atoms with Gasteiger partial charge in [-0.15, -0.1) is 0 Å². The lowest BCUT2D eigenvalue weighted by Gasteiger charge is -2.20. The normalized spacial score (nSPS) is 11.8. The van der Waals surface area contributed by atoms with Gasteiger partial charge in [0.25, 0.3) is 0 Å². The molecule has 0 fully saturated rings. The first-order valence-electron chi connectivity index (χ1n) is 5.92. The van der Waals surface area contributed by atoms with Gasteiger partial charge in [0.2, 0.25) is 11.7 Å². The first-order valence-corrected chi connectivity index (χ1v) is 5.92. The molecule has 106 valence electrons. The summed E-state index contributed by atoms with van der Waals surface area (Å²) in [6.45, 7) is 2.49. The van der Waals surface area contributed by atoms with E-state index >= 15 is 0 Å². The highest BCUT2D eigenvalue weighted by atomic mass is 16.5. The van der Waals surface area contributed by atoms with Crippen LogP contribution in [0.15, 0.2) is 12.1 Å². The van der Waals surface area contributed by atoms with Gasteiger partial charge in [-0.25, -0.2) is 0 Å². The number of hydrogen-bond donors (Lipinski definition) is 2. The minimum Gasteiger partial charge on any atom is -0.493 e. The molecule has 1 aromatic rings. The van der Waals surface area contributed by atoms with Crippen molar-refractivity contribution in [3.05, 3.63) is 17.7 Å². The van der Waals surface area contributed by atoms with Gasteiger partial charge < -0.3 is 25.3 Å². The molecule has 0 aromatic heterocycles. The Kier molecular flexibility index (Phi) is 5.44. The van der Waals surface area contributed by atoms with Gasteiger partial charge in [0, 0.05) is 5.56 Å². The molecular weight excluding hydrogens is 248 g/mol. The maximum atomic E-state index is 11.5. The highest BCUT2D eigenvalue weighted by Crippen LogP contribution is 2.41. The molecule has 1 atom stereocenters. The minimum absolute atomic E-state index is 0.437. The molecule has 0 saturated heterocycles. The van der Waals surface area contributed by atoms with Crippen molar-refractivity contribution in [1.29, 1.82) is 0 Å². The molecule has 0 bridgehead atoms. The monoisotopic (exact) mass is 268 g/mol. The highest BCUT2D eigenvalue weighted by molar-refractivity contribution is 5.83. The molecule has 19 heavy (non-hydrogen) atoms. The summed E-state index contributed by atoms with van der Waals surface area (Å²) < 4.78 is 15.8. The lowest BCUT2D eigenvalue weighted by atomic mass is 10.0. The third kappa shape index (κ3) is 3.08. The number of methoxy groups -OCH3 is 3. The summed E-state index contributed by atoms with van der Waals surface area (Å²) in [5.74, 6) is 0.924. The van der Waals surface area contributed by atoms with Crippen LogP contribution in [0.2, 0.25) is 0 Å². The zero-order valence-electron chi connectivity index (χ0n) is 11.6. The first kappa shape index (κ1) is 15.1. The van der Waals surface area contributed by atoms with Gasteiger partial charge in [0.05, 0.1) is 21.3 Å². The number of amides is 1. The number of nitrogens with one attached hydrogen (secondary N) is 1. The lowest BCUT2D eigenvalue weighted by molar-refractivity contribution is -0.120. The molecule has 0 aliphatic carbocycles. The number of benzene rings is 1. The van der Waals surface area contributed by atoms with Gasteiger partial charge in [0.15, 0.2) is 11.5 Å². The van der Waals surface area contributed by atoms with Crippen molar-refractivity contribution in [2.75, 3.05) is 27.9 Å². The molecule has 6 nitrogen and oxygen atoms in total. The molecule has 0 saturated carbocycles. The summed E-state index contributed by atoms with van der Waals surface area (Å²) in [6.07, 6.45) is 0. The summed E-state index contributed by atoms with van der Waals surface area (Å²) in [7, 11) is 4.55. The number of carbonyl (C=O) groups excluding carboxylic acids is 1. The molecule has 1 rings (SSSR count). The van der Waals surface area contributed by atoms with Gasteiger partial charge in [-0.2, -0.15) is 0 Å². The predicted octanol–water partition coefficient (Wildman–Crippen LogP) is 0.848. The van der Waals surface area contributed by atoms with Crippen LogP contribution in [0.5, 0.6) is 17.2 Å². The second kappa shape index (κ2) is 6.84. The van der Waals surface area contributed by atoms with E-state index in [9.17, 15) is 4.79 Å². The molecular formula is C13H20N2O4. The molecule has 1 aromatic carbocycles. The van der Waals surface area contributed by atoms with Gasteiger partial charge in [-0.1, -0.05) is 6.92 Å². The van der Waals surface area contributed by atoms with Crippen LogP contribution in [-0.4, -0.2) is 33.8 Å². The van der Waals surface area contributed by atoms with E-state index in [2.05, 4.69) is 5.32 Å². The number of likely N-dealkylation sites (N-methyl/N-ethyl adjacent to an activating group) is 1. The van der Waals surface area contributed by atoms with Crippen LogP contribution >= 0.6 is 0 Å². The van der Waals surface area contributed by atoms with Crippen LogP contribution < -0.4 is 25.3 Å². The Bertz CT molecular complexity index is 449. The second-order valence-electron chi connectivity index (χ2n) is 3.82. The lowest BCUT2D eigenvalue weighted by Crippen LogP contribution is -2.33. The van der Waals surface area contributed by atoms with Crippen LogP contribution in [0.4, 0.5) is 0 Å². The maximum absolute atomic E-state index is 11.5. The topological polar surface area (TPSA) is 82.8 Å². The molecule has 0 aliphatic rings. The predicted molar refractivity (Wildman–Crippen MR) is 71.7 cm³/mol. The van der Waals surface area contributed by atoms with Crippen LogP contribution in [0.3, 0.4) is 0 Å². The molecule has 0 aliphatic heterocycles. The van der Waals surface area contributed by atoms with E-state index in [0.29, 0.717) is 29.4 Å². The molecule has 0 heterocycles. The Balaban J connectivity index is 3.37. The first-order chi connectivity index (χ1) is 9.10. The summed E-state index contributed by atoms with van der Waals surface area (Å²) >= 11 is 0. The van der Waals surface area contributed by atoms with E-state index < -0.39 is 11.9 Å². The Hall–Kier alpha value is -1.95. The van der Waals surface area contributed by atoms with Crippen molar-refractivity contribution in [2.45, 2.75) is 13.0 Å². The van der Waals surface area contributed by atoms with E-state index in [-0.39, 0.29) is 0 Å². The smallest absolute Gasteiger partial charge is 0.239 e. The zero-order chi connectivity index (χ0) is 14.4. The molecule has 0 radical (unpaired) electrons. The fourth-order valence-electron chi connectivity index (χ4n) is 1.92. The van der Waals surface area contributed by atoms with Crippen molar-refractivity contribution < 1.29 is 19.0 Å². The van der Waals surface area contributed by atoms with Gasteiger partial charge in [-0.3, -0.25) is 4.79 Å². The number of hydrogen-bond acceptors (Lipinski definition) is 5. The summed E-state index contributed by atoms with van der Waals surface area (Å²) in [5, 5.41) is 3.01. The third-order valence-corrected chi connectivity index (χ3v) is 2.74. The second-order valence-corrected chi connectivity index (χ2v) is 3.82. The van der Waals surface area contributed by atoms with Crippen LogP contribution in [0.25, 0.3) is 0 Å². The molecule has 3 N–H and O–H groups in total. The van der Waals surface area contributed by atoms with Gasteiger partial charge in [-0.05, 0) is 18.7 Å². The molecule has 1 amide bonds. The summed E-state index contributed by atoms with van der Waals surface area (Å²) in [5.41, 5.74) is 6.03. The number of rotatable bonds is 7. The summed E-state index contributed by atoms with van der Waals surface area (Å²) in [4.78, 5) is 11.5.